The fourth-order valence-electron chi connectivity index (χ4n) is 2.10. The lowest BCUT2D eigenvalue weighted by Gasteiger charge is -2.18. The smallest absolute Gasteiger partial charge is 0.106 e. The first kappa shape index (κ1) is 13.2. The number of para-hydroxylation sites is 1. The molecule has 5 heteroatoms. The SMILES string of the molecule is CC(Nc1cccc(Cl)c1-n1cccn1)c1ccsc1. The van der Waals surface area contributed by atoms with Gasteiger partial charge in [-0.3, -0.25) is 0 Å². The zero-order chi connectivity index (χ0) is 13.9. The number of nitrogens with one attached hydrogen (secondary N) is 1. The molecule has 1 N–H and O–H groups in total. The van der Waals surface area contributed by atoms with Gasteiger partial charge in [0.25, 0.3) is 0 Å². The summed E-state index contributed by atoms with van der Waals surface area (Å²) in [6.07, 6.45) is 3.64. The lowest BCUT2D eigenvalue weighted by molar-refractivity contribution is 0.856. The van der Waals surface area contributed by atoms with Gasteiger partial charge in [0.2, 0.25) is 0 Å². The van der Waals surface area contributed by atoms with Gasteiger partial charge in [0, 0.05) is 18.4 Å². The highest BCUT2D eigenvalue weighted by Crippen LogP contribution is 2.31. The fourth-order valence-corrected chi connectivity index (χ4v) is 3.12. The fraction of sp³-hybridized carbons (Fsp3) is 0.133. The van der Waals surface area contributed by atoms with Crippen LogP contribution in [0.25, 0.3) is 5.69 Å². The third kappa shape index (κ3) is 2.57. The molecule has 1 unspecified atom stereocenters. The summed E-state index contributed by atoms with van der Waals surface area (Å²) in [5, 5.41) is 12.7. The Morgan fingerprint density at radius 1 is 1.30 bits per heavy atom. The summed E-state index contributed by atoms with van der Waals surface area (Å²) < 4.78 is 1.78. The second kappa shape index (κ2) is 5.69. The van der Waals surface area contributed by atoms with E-state index >= 15 is 0 Å². The van der Waals surface area contributed by atoms with Crippen molar-refractivity contribution in [1.29, 1.82) is 0 Å². The van der Waals surface area contributed by atoms with E-state index in [1.54, 1.807) is 22.2 Å². The second-order valence-corrected chi connectivity index (χ2v) is 5.70. The van der Waals surface area contributed by atoms with Gasteiger partial charge < -0.3 is 5.32 Å². The summed E-state index contributed by atoms with van der Waals surface area (Å²) >= 11 is 8.03. The molecule has 0 aliphatic carbocycles. The molecule has 2 aromatic heterocycles. The average molecular weight is 304 g/mol. The molecule has 1 aromatic carbocycles. The number of anilines is 1. The highest BCUT2D eigenvalue weighted by Gasteiger charge is 2.12. The van der Waals surface area contributed by atoms with E-state index in [2.05, 4.69) is 34.2 Å². The molecule has 0 aliphatic rings. The van der Waals surface area contributed by atoms with Crippen molar-refractivity contribution in [1.82, 2.24) is 9.78 Å². The van der Waals surface area contributed by atoms with E-state index in [4.69, 9.17) is 11.6 Å². The third-order valence-corrected chi connectivity index (χ3v) is 4.14. The molecule has 0 saturated heterocycles. The number of nitrogens with zero attached hydrogens (tertiary/aromatic N) is 2. The van der Waals surface area contributed by atoms with Gasteiger partial charge >= 0.3 is 0 Å². The van der Waals surface area contributed by atoms with Crippen LogP contribution in [0.1, 0.15) is 18.5 Å². The highest BCUT2D eigenvalue weighted by molar-refractivity contribution is 7.08. The topological polar surface area (TPSA) is 29.9 Å². The predicted octanol–water partition coefficient (Wildman–Crippen LogP) is 4.76. The number of thiophene rings is 1. The summed E-state index contributed by atoms with van der Waals surface area (Å²) in [6.45, 7) is 2.13. The number of hydrogen-bond donors (Lipinski definition) is 1. The van der Waals surface area contributed by atoms with Crippen LogP contribution < -0.4 is 5.32 Å². The Bertz CT molecular complexity index is 677. The zero-order valence-corrected chi connectivity index (χ0v) is 12.5. The van der Waals surface area contributed by atoms with Crippen LogP contribution in [-0.4, -0.2) is 9.78 Å². The van der Waals surface area contributed by atoms with Crippen molar-refractivity contribution in [3.8, 4) is 5.69 Å². The molecule has 2 heterocycles. The molecule has 0 amide bonds. The van der Waals surface area contributed by atoms with Crippen molar-refractivity contribution >= 4 is 28.6 Å². The molecule has 3 rings (SSSR count). The minimum atomic E-state index is 0.217. The molecule has 0 radical (unpaired) electrons. The van der Waals surface area contributed by atoms with Crippen molar-refractivity contribution in [3.05, 3.63) is 64.1 Å². The second-order valence-electron chi connectivity index (χ2n) is 4.51. The zero-order valence-electron chi connectivity index (χ0n) is 11.0. The molecule has 0 spiro atoms. The Hall–Kier alpha value is -1.78. The lowest BCUT2D eigenvalue weighted by Crippen LogP contribution is -2.09. The van der Waals surface area contributed by atoms with Crippen molar-refractivity contribution in [2.75, 3.05) is 5.32 Å². The van der Waals surface area contributed by atoms with Gasteiger partial charge in [0.1, 0.15) is 5.69 Å². The van der Waals surface area contributed by atoms with E-state index in [9.17, 15) is 0 Å². The summed E-state index contributed by atoms with van der Waals surface area (Å²) in [6, 6.07) is 10.1. The van der Waals surface area contributed by atoms with Gasteiger partial charge in [0.05, 0.1) is 10.7 Å². The number of halogens is 1. The van der Waals surface area contributed by atoms with Crippen LogP contribution in [0.4, 0.5) is 5.69 Å². The standard InChI is InChI=1S/C15H14ClN3S/c1-11(12-6-9-20-10-12)18-14-5-2-4-13(16)15(14)19-8-3-7-17-19/h2-11,18H,1H3. The van der Waals surface area contributed by atoms with E-state index < -0.39 is 0 Å². The minimum Gasteiger partial charge on any atom is -0.377 e. The molecule has 3 nitrogen and oxygen atoms in total. The summed E-state index contributed by atoms with van der Waals surface area (Å²) in [7, 11) is 0. The van der Waals surface area contributed by atoms with Crippen molar-refractivity contribution in [2.45, 2.75) is 13.0 Å². The van der Waals surface area contributed by atoms with Gasteiger partial charge in [-0.1, -0.05) is 17.7 Å². The van der Waals surface area contributed by atoms with Crippen LogP contribution in [0.2, 0.25) is 5.02 Å². The Balaban J connectivity index is 1.96. The monoisotopic (exact) mass is 303 g/mol. The Morgan fingerprint density at radius 3 is 2.90 bits per heavy atom. The molecule has 0 bridgehead atoms. The summed E-state index contributed by atoms with van der Waals surface area (Å²) in [5.41, 5.74) is 3.11. The summed E-state index contributed by atoms with van der Waals surface area (Å²) in [4.78, 5) is 0. The molecule has 0 fully saturated rings. The quantitative estimate of drug-likeness (QED) is 0.753. The molecule has 3 aromatic rings. The lowest BCUT2D eigenvalue weighted by atomic mass is 10.1. The van der Waals surface area contributed by atoms with Gasteiger partial charge in [-0.25, -0.2) is 4.68 Å². The van der Waals surface area contributed by atoms with Crippen LogP contribution in [0.15, 0.2) is 53.5 Å². The first-order chi connectivity index (χ1) is 9.75. The molecule has 0 aliphatic heterocycles. The number of hydrogen-bond acceptors (Lipinski definition) is 3. The van der Waals surface area contributed by atoms with Crippen LogP contribution >= 0.6 is 22.9 Å². The number of rotatable bonds is 4. The Labute approximate surface area is 126 Å². The van der Waals surface area contributed by atoms with Crippen molar-refractivity contribution in [3.63, 3.8) is 0 Å². The normalized spacial score (nSPS) is 12.3. The van der Waals surface area contributed by atoms with Crippen molar-refractivity contribution in [2.24, 2.45) is 0 Å². The largest absolute Gasteiger partial charge is 0.377 e. The Kier molecular flexibility index (Phi) is 3.76. The average Bonchev–Trinajstić information content (AvgIpc) is 3.12. The summed E-state index contributed by atoms with van der Waals surface area (Å²) in [5.74, 6) is 0. The van der Waals surface area contributed by atoms with Gasteiger partial charge in [-0.05, 0) is 47.5 Å². The van der Waals surface area contributed by atoms with Gasteiger partial charge in [0.15, 0.2) is 0 Å². The predicted molar refractivity (Wildman–Crippen MR) is 84.9 cm³/mol. The first-order valence-electron chi connectivity index (χ1n) is 6.33. The van der Waals surface area contributed by atoms with E-state index in [0.717, 1.165) is 11.4 Å². The third-order valence-electron chi connectivity index (χ3n) is 3.14. The van der Waals surface area contributed by atoms with E-state index in [-0.39, 0.29) is 6.04 Å². The minimum absolute atomic E-state index is 0.217. The molecular weight excluding hydrogens is 290 g/mol. The van der Waals surface area contributed by atoms with Gasteiger partial charge in [-0.15, -0.1) is 0 Å². The first-order valence-corrected chi connectivity index (χ1v) is 7.65. The molecular formula is C15H14ClN3S. The maximum Gasteiger partial charge on any atom is 0.106 e. The van der Waals surface area contributed by atoms with Crippen LogP contribution in [0.3, 0.4) is 0 Å². The molecule has 102 valence electrons. The maximum atomic E-state index is 6.33. The van der Waals surface area contributed by atoms with Gasteiger partial charge in [-0.2, -0.15) is 16.4 Å². The Morgan fingerprint density at radius 2 is 2.20 bits per heavy atom. The highest BCUT2D eigenvalue weighted by atomic mass is 35.5. The molecule has 1 atom stereocenters. The number of benzene rings is 1. The van der Waals surface area contributed by atoms with Crippen LogP contribution in [0.5, 0.6) is 0 Å². The molecule has 0 saturated carbocycles. The van der Waals surface area contributed by atoms with Crippen molar-refractivity contribution < 1.29 is 0 Å². The van der Waals surface area contributed by atoms with E-state index in [0.29, 0.717) is 5.02 Å². The maximum absolute atomic E-state index is 6.33. The van der Waals surface area contributed by atoms with Crippen LogP contribution in [0, 0.1) is 0 Å². The van der Waals surface area contributed by atoms with Crippen LogP contribution in [-0.2, 0) is 0 Å². The molecule has 20 heavy (non-hydrogen) atoms. The van der Waals surface area contributed by atoms with E-state index in [1.165, 1.54) is 5.56 Å². The van der Waals surface area contributed by atoms with E-state index in [1.807, 2.05) is 30.5 Å². The number of aromatic nitrogens is 2.